The summed E-state index contributed by atoms with van der Waals surface area (Å²) in [6, 6.07) is 23.3. The maximum atomic E-state index is 13.5. The molecule has 1 saturated heterocycles. The van der Waals surface area contributed by atoms with E-state index in [1.807, 2.05) is 72.8 Å². The second-order valence-corrected chi connectivity index (χ2v) is 7.83. The molecule has 1 aromatic heterocycles. The Labute approximate surface area is 182 Å². The minimum absolute atomic E-state index is 0.0489. The first-order chi connectivity index (χ1) is 15.1. The standard InChI is InChI=1S/C25H26N4O2/c1-19(30)29-16-14-25(15-17-29,20-8-4-2-5-9-20)24(31)28-22-12-13-23(26-18-22)27-21-10-6-3-7-11-21/h2-13,18H,14-17H2,1H3,(H,26,27)(H,28,31). The minimum atomic E-state index is -0.672. The van der Waals surface area contributed by atoms with Crippen molar-refractivity contribution in [2.75, 3.05) is 23.7 Å². The number of likely N-dealkylation sites (tertiary alicyclic amines) is 1. The molecular weight excluding hydrogens is 388 g/mol. The van der Waals surface area contributed by atoms with Gasteiger partial charge in [-0.25, -0.2) is 4.98 Å². The van der Waals surface area contributed by atoms with Gasteiger partial charge in [0.2, 0.25) is 11.8 Å². The largest absolute Gasteiger partial charge is 0.343 e. The van der Waals surface area contributed by atoms with Crippen LogP contribution >= 0.6 is 0 Å². The molecule has 0 radical (unpaired) electrons. The molecule has 1 aliphatic rings. The van der Waals surface area contributed by atoms with Crippen molar-refractivity contribution >= 4 is 29.0 Å². The van der Waals surface area contributed by atoms with Gasteiger partial charge in [0.25, 0.3) is 0 Å². The van der Waals surface area contributed by atoms with Gasteiger partial charge < -0.3 is 15.5 Å². The van der Waals surface area contributed by atoms with E-state index in [-0.39, 0.29) is 11.8 Å². The van der Waals surface area contributed by atoms with E-state index >= 15 is 0 Å². The number of carbonyl (C=O) groups excluding carboxylic acids is 2. The topological polar surface area (TPSA) is 74.3 Å². The summed E-state index contributed by atoms with van der Waals surface area (Å²) >= 11 is 0. The molecule has 4 rings (SSSR count). The molecule has 0 unspecified atom stereocenters. The van der Waals surface area contributed by atoms with Crippen LogP contribution in [0, 0.1) is 0 Å². The van der Waals surface area contributed by atoms with Crippen LogP contribution in [-0.2, 0) is 15.0 Å². The van der Waals surface area contributed by atoms with Gasteiger partial charge in [0, 0.05) is 25.7 Å². The van der Waals surface area contributed by atoms with E-state index in [1.165, 1.54) is 0 Å². The lowest BCUT2D eigenvalue weighted by Gasteiger charge is -2.40. The van der Waals surface area contributed by atoms with Crippen molar-refractivity contribution in [2.45, 2.75) is 25.2 Å². The molecule has 0 aliphatic carbocycles. The summed E-state index contributed by atoms with van der Waals surface area (Å²) in [7, 11) is 0. The van der Waals surface area contributed by atoms with Crippen LogP contribution in [0.1, 0.15) is 25.3 Å². The lowest BCUT2D eigenvalue weighted by molar-refractivity contribution is -0.133. The molecule has 0 saturated carbocycles. The van der Waals surface area contributed by atoms with E-state index in [0.717, 1.165) is 11.3 Å². The summed E-state index contributed by atoms with van der Waals surface area (Å²) < 4.78 is 0. The predicted octanol–water partition coefficient (Wildman–Crippen LogP) is 4.34. The number of amides is 2. The second kappa shape index (κ2) is 9.00. The SMILES string of the molecule is CC(=O)N1CCC(C(=O)Nc2ccc(Nc3ccccc3)nc2)(c2ccccc2)CC1. The van der Waals surface area contributed by atoms with E-state index in [4.69, 9.17) is 0 Å². The fourth-order valence-electron chi connectivity index (χ4n) is 4.07. The molecule has 2 amide bonds. The number of para-hydroxylation sites is 1. The fraction of sp³-hybridized carbons (Fsp3) is 0.240. The van der Waals surface area contributed by atoms with Crippen LogP contribution in [0.2, 0.25) is 0 Å². The van der Waals surface area contributed by atoms with Crippen molar-refractivity contribution in [3.63, 3.8) is 0 Å². The molecule has 3 aromatic rings. The Morgan fingerprint density at radius 1 is 0.871 bits per heavy atom. The Morgan fingerprint density at radius 2 is 1.52 bits per heavy atom. The summed E-state index contributed by atoms with van der Waals surface area (Å²) in [5.41, 5.74) is 1.90. The molecule has 6 nitrogen and oxygen atoms in total. The number of aromatic nitrogens is 1. The van der Waals surface area contributed by atoms with E-state index < -0.39 is 5.41 Å². The van der Waals surface area contributed by atoms with Crippen LogP contribution < -0.4 is 10.6 Å². The summed E-state index contributed by atoms with van der Waals surface area (Å²) in [6.45, 7) is 2.71. The van der Waals surface area contributed by atoms with Gasteiger partial charge in [-0.3, -0.25) is 9.59 Å². The molecular formula is C25H26N4O2. The Hall–Kier alpha value is -3.67. The summed E-state index contributed by atoms with van der Waals surface area (Å²) in [5.74, 6) is 0.692. The third-order valence-corrected chi connectivity index (χ3v) is 5.89. The normalized spacial score (nSPS) is 15.2. The lowest BCUT2D eigenvalue weighted by Crippen LogP contribution is -2.50. The third kappa shape index (κ3) is 4.58. The number of pyridine rings is 1. The van der Waals surface area contributed by atoms with Crippen molar-refractivity contribution in [3.8, 4) is 0 Å². The molecule has 2 N–H and O–H groups in total. The molecule has 0 bridgehead atoms. The van der Waals surface area contributed by atoms with Crippen molar-refractivity contribution in [1.29, 1.82) is 0 Å². The van der Waals surface area contributed by atoms with Crippen LogP contribution in [0.5, 0.6) is 0 Å². The van der Waals surface area contributed by atoms with Crippen LogP contribution in [0.4, 0.5) is 17.2 Å². The lowest BCUT2D eigenvalue weighted by atomic mass is 9.72. The Morgan fingerprint density at radius 3 is 2.10 bits per heavy atom. The number of rotatable bonds is 5. The van der Waals surface area contributed by atoms with Crippen LogP contribution in [0.15, 0.2) is 79.0 Å². The molecule has 2 aromatic carbocycles. The number of hydrogen-bond acceptors (Lipinski definition) is 4. The Balaban J connectivity index is 1.51. The van der Waals surface area contributed by atoms with E-state index in [2.05, 4.69) is 15.6 Å². The van der Waals surface area contributed by atoms with Gasteiger partial charge in [0.05, 0.1) is 17.3 Å². The average Bonchev–Trinajstić information content (AvgIpc) is 2.81. The fourth-order valence-corrected chi connectivity index (χ4v) is 4.07. The maximum absolute atomic E-state index is 13.5. The van der Waals surface area contributed by atoms with E-state index in [1.54, 1.807) is 18.0 Å². The van der Waals surface area contributed by atoms with Gasteiger partial charge in [-0.2, -0.15) is 0 Å². The maximum Gasteiger partial charge on any atom is 0.235 e. The van der Waals surface area contributed by atoms with Crippen molar-refractivity contribution in [1.82, 2.24) is 9.88 Å². The highest BCUT2D eigenvalue weighted by Gasteiger charge is 2.43. The van der Waals surface area contributed by atoms with Gasteiger partial charge in [-0.05, 0) is 42.7 Å². The summed E-state index contributed by atoms with van der Waals surface area (Å²) in [4.78, 5) is 31.5. The van der Waals surface area contributed by atoms with Gasteiger partial charge in [-0.15, -0.1) is 0 Å². The number of nitrogens with one attached hydrogen (secondary N) is 2. The number of nitrogens with zero attached hydrogens (tertiary/aromatic N) is 2. The zero-order valence-electron chi connectivity index (χ0n) is 17.5. The number of hydrogen-bond donors (Lipinski definition) is 2. The summed E-state index contributed by atoms with van der Waals surface area (Å²) in [5, 5.41) is 6.29. The monoisotopic (exact) mass is 414 g/mol. The van der Waals surface area contributed by atoms with Gasteiger partial charge in [0.1, 0.15) is 5.82 Å². The van der Waals surface area contributed by atoms with Crippen LogP contribution in [0.3, 0.4) is 0 Å². The Kier molecular flexibility index (Phi) is 5.98. The number of anilines is 3. The molecule has 2 heterocycles. The first kappa shape index (κ1) is 20.6. The number of benzene rings is 2. The molecule has 0 spiro atoms. The minimum Gasteiger partial charge on any atom is -0.343 e. The van der Waals surface area contributed by atoms with Crippen molar-refractivity contribution in [2.24, 2.45) is 0 Å². The first-order valence-electron chi connectivity index (χ1n) is 10.5. The van der Waals surface area contributed by atoms with Gasteiger partial charge in [0.15, 0.2) is 0 Å². The highest BCUT2D eigenvalue weighted by atomic mass is 16.2. The van der Waals surface area contributed by atoms with E-state index in [9.17, 15) is 9.59 Å². The number of piperidine rings is 1. The highest BCUT2D eigenvalue weighted by Crippen LogP contribution is 2.37. The third-order valence-electron chi connectivity index (χ3n) is 5.89. The smallest absolute Gasteiger partial charge is 0.235 e. The zero-order chi connectivity index (χ0) is 21.7. The van der Waals surface area contributed by atoms with Gasteiger partial charge >= 0.3 is 0 Å². The zero-order valence-corrected chi connectivity index (χ0v) is 17.5. The molecule has 31 heavy (non-hydrogen) atoms. The van der Waals surface area contributed by atoms with Crippen LogP contribution in [0.25, 0.3) is 0 Å². The number of carbonyl (C=O) groups is 2. The van der Waals surface area contributed by atoms with Crippen molar-refractivity contribution < 1.29 is 9.59 Å². The quantitative estimate of drug-likeness (QED) is 0.651. The van der Waals surface area contributed by atoms with Crippen molar-refractivity contribution in [3.05, 3.63) is 84.6 Å². The first-order valence-corrected chi connectivity index (χ1v) is 10.5. The molecule has 1 fully saturated rings. The predicted molar refractivity (Wildman–Crippen MR) is 122 cm³/mol. The molecule has 158 valence electrons. The molecule has 6 heteroatoms. The second-order valence-electron chi connectivity index (χ2n) is 7.83. The average molecular weight is 415 g/mol. The Bertz CT molecular complexity index is 1030. The van der Waals surface area contributed by atoms with Gasteiger partial charge in [-0.1, -0.05) is 48.5 Å². The highest BCUT2D eigenvalue weighted by molar-refractivity contribution is 5.99. The summed E-state index contributed by atoms with van der Waals surface area (Å²) in [6.07, 6.45) is 2.83. The van der Waals surface area contributed by atoms with E-state index in [0.29, 0.717) is 37.4 Å². The van der Waals surface area contributed by atoms with Crippen LogP contribution in [-0.4, -0.2) is 34.8 Å². The molecule has 0 atom stereocenters. The molecule has 1 aliphatic heterocycles.